The van der Waals surface area contributed by atoms with E-state index in [-0.39, 0.29) is 11.9 Å². The molecule has 0 unspecified atom stereocenters. The monoisotopic (exact) mass is 315 g/mol. The van der Waals surface area contributed by atoms with Gasteiger partial charge in [0.25, 0.3) is 0 Å². The number of benzene rings is 1. The number of carbonyl (C=O) groups is 1. The van der Waals surface area contributed by atoms with Crippen molar-refractivity contribution in [3.8, 4) is 0 Å². The van der Waals surface area contributed by atoms with Crippen molar-refractivity contribution >= 4 is 5.91 Å². The van der Waals surface area contributed by atoms with Gasteiger partial charge in [-0.05, 0) is 44.1 Å². The summed E-state index contributed by atoms with van der Waals surface area (Å²) in [6.45, 7) is 5.67. The summed E-state index contributed by atoms with van der Waals surface area (Å²) in [4.78, 5) is 16.8. The van der Waals surface area contributed by atoms with Crippen LogP contribution in [0.4, 0.5) is 0 Å². The van der Waals surface area contributed by atoms with Gasteiger partial charge < -0.3 is 10.6 Å². The van der Waals surface area contributed by atoms with Crippen molar-refractivity contribution in [2.24, 2.45) is 11.7 Å². The van der Waals surface area contributed by atoms with Crippen LogP contribution in [-0.2, 0) is 11.3 Å². The highest BCUT2D eigenvalue weighted by molar-refractivity contribution is 5.81. The minimum absolute atomic E-state index is 0.107. The Hall–Kier alpha value is -1.39. The van der Waals surface area contributed by atoms with Crippen molar-refractivity contribution in [2.45, 2.75) is 51.2 Å². The fraction of sp³-hybridized carbons (Fsp3) is 0.632. The van der Waals surface area contributed by atoms with E-state index in [9.17, 15) is 4.79 Å². The molecule has 2 N–H and O–H groups in total. The molecule has 1 aliphatic heterocycles. The molecule has 4 nitrogen and oxygen atoms in total. The molecular weight excluding hydrogens is 286 g/mol. The molecule has 1 heterocycles. The maximum atomic E-state index is 12.2. The number of piperidine rings is 1. The van der Waals surface area contributed by atoms with Crippen molar-refractivity contribution in [3.63, 3.8) is 0 Å². The molecule has 1 aromatic rings. The Bertz CT molecular complexity index is 513. The van der Waals surface area contributed by atoms with E-state index in [0.29, 0.717) is 5.92 Å². The largest absolute Gasteiger partial charge is 0.341 e. The number of rotatable bonds is 6. The number of carbonyl (C=O) groups excluding carboxylic acids is 1. The smallest absolute Gasteiger partial charge is 0.239 e. The van der Waals surface area contributed by atoms with Gasteiger partial charge in [-0.2, -0.15) is 0 Å². The van der Waals surface area contributed by atoms with Crippen molar-refractivity contribution in [1.29, 1.82) is 0 Å². The van der Waals surface area contributed by atoms with Crippen LogP contribution < -0.4 is 5.73 Å². The predicted octanol–water partition coefficient (Wildman–Crippen LogP) is 2.24. The lowest BCUT2D eigenvalue weighted by Crippen LogP contribution is -2.48. The van der Waals surface area contributed by atoms with Crippen molar-refractivity contribution in [1.82, 2.24) is 9.80 Å². The van der Waals surface area contributed by atoms with E-state index in [4.69, 9.17) is 5.73 Å². The van der Waals surface area contributed by atoms with E-state index in [1.807, 2.05) is 4.90 Å². The van der Waals surface area contributed by atoms with Gasteiger partial charge >= 0.3 is 0 Å². The first-order valence-corrected chi connectivity index (χ1v) is 8.96. The van der Waals surface area contributed by atoms with Crippen LogP contribution in [0.1, 0.15) is 38.2 Å². The second-order valence-electron chi connectivity index (χ2n) is 7.23. The van der Waals surface area contributed by atoms with Gasteiger partial charge in [-0.15, -0.1) is 0 Å². The Balaban J connectivity index is 1.58. The SMILES string of the molecule is C[C@H](N)C(=O)N1CCC[C@@H](CN(Cc2ccccc2)C2CC2)C1. The van der Waals surface area contributed by atoms with E-state index >= 15 is 0 Å². The third kappa shape index (κ3) is 4.55. The summed E-state index contributed by atoms with van der Waals surface area (Å²) in [5.74, 6) is 0.687. The normalized spacial score (nSPS) is 23.1. The summed E-state index contributed by atoms with van der Waals surface area (Å²) in [7, 11) is 0. The fourth-order valence-electron chi connectivity index (χ4n) is 3.63. The average Bonchev–Trinajstić information content (AvgIpc) is 3.39. The summed E-state index contributed by atoms with van der Waals surface area (Å²) < 4.78 is 0. The molecule has 0 bridgehead atoms. The second kappa shape index (κ2) is 7.45. The van der Waals surface area contributed by atoms with Gasteiger partial charge in [0.2, 0.25) is 5.91 Å². The van der Waals surface area contributed by atoms with E-state index < -0.39 is 0 Å². The zero-order chi connectivity index (χ0) is 16.2. The van der Waals surface area contributed by atoms with Gasteiger partial charge in [0.15, 0.2) is 0 Å². The predicted molar refractivity (Wildman–Crippen MR) is 92.8 cm³/mol. The van der Waals surface area contributed by atoms with Crippen molar-refractivity contribution in [2.75, 3.05) is 19.6 Å². The van der Waals surface area contributed by atoms with Crippen LogP contribution in [0.15, 0.2) is 30.3 Å². The van der Waals surface area contributed by atoms with E-state index in [0.717, 1.165) is 38.6 Å². The lowest BCUT2D eigenvalue weighted by Gasteiger charge is -2.36. The second-order valence-corrected chi connectivity index (χ2v) is 7.23. The van der Waals surface area contributed by atoms with Crippen molar-refractivity contribution < 1.29 is 4.79 Å². The first-order valence-electron chi connectivity index (χ1n) is 8.96. The van der Waals surface area contributed by atoms with Crippen molar-refractivity contribution in [3.05, 3.63) is 35.9 Å². The average molecular weight is 315 g/mol. The molecule has 0 radical (unpaired) electrons. The zero-order valence-corrected chi connectivity index (χ0v) is 14.2. The molecule has 2 aliphatic rings. The zero-order valence-electron chi connectivity index (χ0n) is 14.2. The van der Waals surface area contributed by atoms with Crippen LogP contribution in [-0.4, -0.2) is 47.4 Å². The molecule has 126 valence electrons. The van der Waals surface area contributed by atoms with Crippen LogP contribution in [0.3, 0.4) is 0 Å². The number of amides is 1. The highest BCUT2D eigenvalue weighted by Gasteiger charge is 2.32. The molecule has 4 heteroatoms. The van der Waals surface area contributed by atoms with Gasteiger partial charge in [0.1, 0.15) is 0 Å². The molecule has 3 rings (SSSR count). The Morgan fingerprint density at radius 3 is 2.70 bits per heavy atom. The molecule has 1 aliphatic carbocycles. The van der Waals surface area contributed by atoms with E-state index in [1.54, 1.807) is 6.92 Å². The standard InChI is InChI=1S/C19H29N3O/c1-15(20)19(23)21-11-5-8-17(13-21)14-22(18-9-10-18)12-16-6-3-2-4-7-16/h2-4,6-7,15,17-18H,5,8-14,20H2,1H3/t15-,17+/m0/s1. The molecule has 1 aromatic carbocycles. The van der Waals surface area contributed by atoms with Crippen LogP contribution in [0.25, 0.3) is 0 Å². The van der Waals surface area contributed by atoms with Crippen LogP contribution in [0.5, 0.6) is 0 Å². The number of hydrogen-bond donors (Lipinski definition) is 1. The van der Waals surface area contributed by atoms with Crippen LogP contribution in [0.2, 0.25) is 0 Å². The van der Waals surface area contributed by atoms with Crippen LogP contribution >= 0.6 is 0 Å². The molecular formula is C19H29N3O. The summed E-state index contributed by atoms with van der Waals surface area (Å²) in [5, 5.41) is 0. The summed E-state index contributed by atoms with van der Waals surface area (Å²) >= 11 is 0. The molecule has 1 saturated carbocycles. The first-order chi connectivity index (χ1) is 11.1. The lowest BCUT2D eigenvalue weighted by molar-refractivity contribution is -0.134. The van der Waals surface area contributed by atoms with Gasteiger partial charge in [-0.1, -0.05) is 30.3 Å². The summed E-state index contributed by atoms with van der Waals surface area (Å²) in [5.41, 5.74) is 7.16. The highest BCUT2D eigenvalue weighted by Crippen LogP contribution is 2.30. The summed E-state index contributed by atoms with van der Waals surface area (Å²) in [6, 6.07) is 11.1. The molecule has 23 heavy (non-hydrogen) atoms. The number of likely N-dealkylation sites (tertiary alicyclic amines) is 1. The third-order valence-electron chi connectivity index (χ3n) is 5.00. The molecule has 0 spiro atoms. The van der Waals surface area contributed by atoms with E-state index in [1.165, 1.54) is 24.8 Å². The lowest BCUT2D eigenvalue weighted by atomic mass is 9.96. The fourth-order valence-corrected chi connectivity index (χ4v) is 3.63. The maximum Gasteiger partial charge on any atom is 0.239 e. The highest BCUT2D eigenvalue weighted by atomic mass is 16.2. The molecule has 0 aromatic heterocycles. The first kappa shape index (κ1) is 16.5. The van der Waals surface area contributed by atoms with Gasteiger partial charge in [-0.25, -0.2) is 0 Å². The Morgan fingerprint density at radius 2 is 2.04 bits per heavy atom. The Morgan fingerprint density at radius 1 is 1.30 bits per heavy atom. The van der Waals surface area contributed by atoms with E-state index in [2.05, 4.69) is 35.2 Å². The Labute approximate surface area is 139 Å². The van der Waals surface area contributed by atoms with Gasteiger partial charge in [-0.3, -0.25) is 9.69 Å². The third-order valence-corrected chi connectivity index (χ3v) is 5.00. The van der Waals surface area contributed by atoms with Gasteiger partial charge in [0.05, 0.1) is 6.04 Å². The molecule has 2 atom stereocenters. The molecule has 1 saturated heterocycles. The number of nitrogens with two attached hydrogens (primary N) is 1. The number of hydrogen-bond acceptors (Lipinski definition) is 3. The number of nitrogens with zero attached hydrogens (tertiary/aromatic N) is 2. The minimum atomic E-state index is -0.377. The Kier molecular flexibility index (Phi) is 5.34. The van der Waals surface area contributed by atoms with Gasteiger partial charge in [0, 0.05) is 32.2 Å². The topological polar surface area (TPSA) is 49.6 Å². The summed E-state index contributed by atoms with van der Waals surface area (Å²) in [6.07, 6.45) is 4.97. The quantitative estimate of drug-likeness (QED) is 0.876. The molecule has 1 amide bonds. The minimum Gasteiger partial charge on any atom is -0.341 e. The molecule has 2 fully saturated rings. The maximum absolute atomic E-state index is 12.2. The van der Waals surface area contributed by atoms with Crippen LogP contribution in [0, 0.1) is 5.92 Å².